The van der Waals surface area contributed by atoms with Crippen LogP contribution in [0, 0.1) is 17.7 Å². The quantitative estimate of drug-likeness (QED) is 0.840. The summed E-state index contributed by atoms with van der Waals surface area (Å²) in [4.78, 5) is 0. The van der Waals surface area contributed by atoms with Crippen molar-refractivity contribution in [1.29, 1.82) is 0 Å². The Labute approximate surface area is 115 Å². The Morgan fingerprint density at radius 3 is 2.42 bits per heavy atom. The molecule has 1 aliphatic rings. The van der Waals surface area contributed by atoms with E-state index in [0.717, 1.165) is 24.3 Å². The number of hydrogen-bond donors (Lipinski definition) is 1. The van der Waals surface area contributed by atoms with Gasteiger partial charge in [0, 0.05) is 0 Å². The summed E-state index contributed by atoms with van der Waals surface area (Å²) in [6.07, 6.45) is 6.38. The van der Waals surface area contributed by atoms with Gasteiger partial charge in [0.1, 0.15) is 5.82 Å². The van der Waals surface area contributed by atoms with Crippen molar-refractivity contribution >= 4 is 0 Å². The summed E-state index contributed by atoms with van der Waals surface area (Å²) in [6, 6.07) is 6.49. The monoisotopic (exact) mass is 264 g/mol. The van der Waals surface area contributed by atoms with Crippen LogP contribution in [0.2, 0.25) is 0 Å². The van der Waals surface area contributed by atoms with Crippen molar-refractivity contribution in [1.82, 2.24) is 0 Å². The van der Waals surface area contributed by atoms with E-state index in [1.54, 1.807) is 6.07 Å². The van der Waals surface area contributed by atoms with E-state index in [1.807, 2.05) is 13.0 Å². The number of aliphatic hydroxyl groups is 1. The van der Waals surface area contributed by atoms with Gasteiger partial charge in [-0.2, -0.15) is 0 Å². The van der Waals surface area contributed by atoms with Crippen LogP contribution in [0.25, 0.3) is 0 Å². The molecule has 0 heterocycles. The molecule has 0 amide bonds. The molecule has 0 aliphatic heterocycles. The van der Waals surface area contributed by atoms with Gasteiger partial charge in [-0.1, -0.05) is 45.2 Å². The summed E-state index contributed by atoms with van der Waals surface area (Å²) in [5.41, 5.74) is -0.115. The molecule has 1 nitrogen and oxygen atoms in total. The molecule has 1 fully saturated rings. The van der Waals surface area contributed by atoms with Crippen LogP contribution in [0.1, 0.15) is 57.9 Å². The fourth-order valence-corrected chi connectivity index (χ4v) is 3.53. The summed E-state index contributed by atoms with van der Waals surface area (Å²) in [5.74, 6) is 0.818. The number of halogens is 1. The zero-order valence-electron chi connectivity index (χ0n) is 12.0. The molecular formula is C17H25FO. The maximum atomic E-state index is 13.4. The summed E-state index contributed by atoms with van der Waals surface area (Å²) in [5, 5.41) is 11.0. The van der Waals surface area contributed by atoms with Crippen LogP contribution in [-0.4, -0.2) is 5.11 Å². The number of rotatable bonds is 4. The first-order chi connectivity index (χ1) is 9.10. The molecule has 1 unspecified atom stereocenters. The average molecular weight is 264 g/mol. The van der Waals surface area contributed by atoms with Crippen molar-refractivity contribution in [3.63, 3.8) is 0 Å². The normalized spacial score (nSPS) is 26.9. The van der Waals surface area contributed by atoms with Crippen LogP contribution in [0.5, 0.6) is 0 Å². The Hall–Kier alpha value is -0.890. The molecule has 1 aromatic carbocycles. The molecule has 0 aromatic heterocycles. The van der Waals surface area contributed by atoms with Gasteiger partial charge in [-0.3, -0.25) is 0 Å². The van der Waals surface area contributed by atoms with Gasteiger partial charge >= 0.3 is 0 Å². The largest absolute Gasteiger partial charge is 0.385 e. The van der Waals surface area contributed by atoms with Crippen LogP contribution >= 0.6 is 0 Å². The highest BCUT2D eigenvalue weighted by Crippen LogP contribution is 2.43. The standard InChI is InChI=1S/C17H25FO/c1-3-13-8-10-14(11-9-13)17(19,4-2)15-6-5-7-16(18)12-15/h5-7,12-14,19H,3-4,8-11H2,1-2H3. The van der Waals surface area contributed by atoms with E-state index >= 15 is 0 Å². The Morgan fingerprint density at radius 1 is 1.21 bits per heavy atom. The highest BCUT2D eigenvalue weighted by Gasteiger charge is 2.38. The van der Waals surface area contributed by atoms with Crippen molar-refractivity contribution < 1.29 is 9.50 Å². The molecule has 2 rings (SSSR count). The van der Waals surface area contributed by atoms with E-state index in [4.69, 9.17) is 0 Å². The summed E-state index contributed by atoms with van der Waals surface area (Å²) < 4.78 is 13.4. The first kappa shape index (κ1) is 14.5. The average Bonchev–Trinajstić information content (AvgIpc) is 2.46. The van der Waals surface area contributed by atoms with E-state index in [1.165, 1.54) is 31.4 Å². The van der Waals surface area contributed by atoms with Crippen LogP contribution in [0.3, 0.4) is 0 Å². The molecule has 1 atom stereocenters. The van der Waals surface area contributed by atoms with Gasteiger partial charge < -0.3 is 5.11 Å². The van der Waals surface area contributed by atoms with E-state index in [-0.39, 0.29) is 11.7 Å². The molecular weight excluding hydrogens is 239 g/mol. The summed E-state index contributed by atoms with van der Waals surface area (Å²) in [6.45, 7) is 4.24. The van der Waals surface area contributed by atoms with Crippen molar-refractivity contribution in [2.24, 2.45) is 11.8 Å². The van der Waals surface area contributed by atoms with Crippen LogP contribution in [0.4, 0.5) is 4.39 Å². The second kappa shape index (κ2) is 6.04. The highest BCUT2D eigenvalue weighted by molar-refractivity contribution is 5.24. The fourth-order valence-electron chi connectivity index (χ4n) is 3.53. The zero-order valence-corrected chi connectivity index (χ0v) is 12.0. The third kappa shape index (κ3) is 3.00. The SMILES string of the molecule is CCC1CCC(C(O)(CC)c2cccc(F)c2)CC1. The molecule has 0 saturated heterocycles. The van der Waals surface area contributed by atoms with Gasteiger partial charge in [0.15, 0.2) is 0 Å². The topological polar surface area (TPSA) is 20.2 Å². The Morgan fingerprint density at radius 2 is 1.89 bits per heavy atom. The smallest absolute Gasteiger partial charge is 0.123 e. The Balaban J connectivity index is 2.18. The second-order valence-corrected chi connectivity index (χ2v) is 5.91. The van der Waals surface area contributed by atoms with Gasteiger partial charge in [0.2, 0.25) is 0 Å². The molecule has 2 heteroatoms. The second-order valence-electron chi connectivity index (χ2n) is 5.91. The lowest BCUT2D eigenvalue weighted by molar-refractivity contribution is -0.0477. The summed E-state index contributed by atoms with van der Waals surface area (Å²) in [7, 11) is 0. The lowest BCUT2D eigenvalue weighted by Gasteiger charge is -2.40. The minimum absolute atomic E-state index is 0.258. The maximum Gasteiger partial charge on any atom is 0.123 e. The fraction of sp³-hybridized carbons (Fsp3) is 0.647. The molecule has 0 radical (unpaired) electrons. The molecule has 0 bridgehead atoms. The number of hydrogen-bond acceptors (Lipinski definition) is 1. The van der Waals surface area contributed by atoms with Gasteiger partial charge in [-0.15, -0.1) is 0 Å². The van der Waals surface area contributed by atoms with Crippen LogP contribution < -0.4 is 0 Å². The van der Waals surface area contributed by atoms with E-state index in [2.05, 4.69) is 6.92 Å². The van der Waals surface area contributed by atoms with Crippen molar-refractivity contribution in [3.05, 3.63) is 35.6 Å². The van der Waals surface area contributed by atoms with E-state index in [0.29, 0.717) is 6.42 Å². The lowest BCUT2D eigenvalue weighted by Crippen LogP contribution is -2.37. The molecule has 1 saturated carbocycles. The van der Waals surface area contributed by atoms with Crippen molar-refractivity contribution in [2.75, 3.05) is 0 Å². The number of benzene rings is 1. The predicted octanol–water partition coefficient (Wildman–Crippen LogP) is 4.64. The van der Waals surface area contributed by atoms with Gasteiger partial charge in [-0.25, -0.2) is 4.39 Å². The Kier molecular flexibility index (Phi) is 4.62. The first-order valence-corrected chi connectivity index (χ1v) is 7.58. The molecule has 106 valence electrons. The van der Waals surface area contributed by atoms with Crippen LogP contribution in [0.15, 0.2) is 24.3 Å². The van der Waals surface area contributed by atoms with Crippen molar-refractivity contribution in [3.8, 4) is 0 Å². The van der Waals surface area contributed by atoms with Crippen molar-refractivity contribution in [2.45, 2.75) is 58.0 Å². The van der Waals surface area contributed by atoms with Gasteiger partial charge in [0.05, 0.1) is 5.60 Å². The minimum Gasteiger partial charge on any atom is -0.385 e. The molecule has 19 heavy (non-hydrogen) atoms. The Bertz CT molecular complexity index is 409. The van der Waals surface area contributed by atoms with Crippen LogP contribution in [-0.2, 0) is 5.60 Å². The molecule has 1 N–H and O–H groups in total. The molecule has 0 spiro atoms. The van der Waals surface area contributed by atoms with Gasteiger partial charge in [0.25, 0.3) is 0 Å². The summed E-state index contributed by atoms with van der Waals surface area (Å²) >= 11 is 0. The lowest BCUT2D eigenvalue weighted by atomic mass is 9.69. The zero-order chi connectivity index (χ0) is 13.9. The van der Waals surface area contributed by atoms with Gasteiger partial charge in [-0.05, 0) is 48.8 Å². The first-order valence-electron chi connectivity index (χ1n) is 7.58. The third-order valence-electron chi connectivity index (χ3n) is 4.96. The minimum atomic E-state index is -0.860. The third-order valence-corrected chi connectivity index (χ3v) is 4.96. The molecule has 1 aromatic rings. The maximum absolute atomic E-state index is 13.4. The van der Waals surface area contributed by atoms with E-state index in [9.17, 15) is 9.50 Å². The molecule has 1 aliphatic carbocycles. The predicted molar refractivity (Wildman–Crippen MR) is 76.3 cm³/mol. The highest BCUT2D eigenvalue weighted by atomic mass is 19.1. The van der Waals surface area contributed by atoms with E-state index < -0.39 is 5.60 Å².